The third-order valence-corrected chi connectivity index (χ3v) is 5.76. The molecule has 27 heavy (non-hydrogen) atoms. The Balaban J connectivity index is 1.64. The minimum atomic E-state index is -0.234. The number of hydrogen-bond acceptors (Lipinski definition) is 5. The van der Waals surface area contributed by atoms with Crippen molar-refractivity contribution in [2.24, 2.45) is 0 Å². The van der Waals surface area contributed by atoms with Crippen molar-refractivity contribution in [2.45, 2.75) is 44.1 Å². The topological polar surface area (TPSA) is 83.1 Å². The highest BCUT2D eigenvalue weighted by atomic mass is 16.5. The molecule has 0 unspecified atom stereocenters. The van der Waals surface area contributed by atoms with Gasteiger partial charge in [0.15, 0.2) is 0 Å². The third kappa shape index (κ3) is 3.56. The van der Waals surface area contributed by atoms with Crippen LogP contribution in [0.1, 0.15) is 44.1 Å². The number of fused-ring (bicyclic) bond motifs is 1. The zero-order valence-corrected chi connectivity index (χ0v) is 15.8. The summed E-state index contributed by atoms with van der Waals surface area (Å²) in [6.07, 6.45) is 9.02. The van der Waals surface area contributed by atoms with E-state index in [0.29, 0.717) is 12.5 Å². The fourth-order valence-electron chi connectivity index (χ4n) is 4.36. The van der Waals surface area contributed by atoms with Crippen LogP contribution in [0.25, 0.3) is 11.0 Å². The van der Waals surface area contributed by atoms with Crippen molar-refractivity contribution >= 4 is 22.8 Å². The van der Waals surface area contributed by atoms with Crippen molar-refractivity contribution in [1.82, 2.24) is 19.9 Å². The van der Waals surface area contributed by atoms with Crippen LogP contribution in [0.3, 0.4) is 0 Å². The minimum Gasteiger partial charge on any atom is -0.381 e. The summed E-state index contributed by atoms with van der Waals surface area (Å²) in [5, 5.41) is 4.71. The molecule has 0 aromatic carbocycles. The molecule has 7 heteroatoms. The number of rotatable bonds is 4. The molecular weight excluding hydrogens is 342 g/mol. The maximum atomic E-state index is 12.1. The number of H-pyrrole nitrogens is 1. The van der Waals surface area contributed by atoms with Crippen molar-refractivity contribution < 1.29 is 9.53 Å². The first kappa shape index (κ1) is 18.0. The van der Waals surface area contributed by atoms with Gasteiger partial charge in [0.05, 0.1) is 10.9 Å². The van der Waals surface area contributed by atoms with Crippen LogP contribution in [0.4, 0.5) is 5.82 Å². The van der Waals surface area contributed by atoms with Crippen LogP contribution >= 0.6 is 0 Å². The summed E-state index contributed by atoms with van der Waals surface area (Å²) in [4.78, 5) is 26.2. The summed E-state index contributed by atoms with van der Waals surface area (Å²) in [6, 6.07) is 0. The predicted octanol–water partition coefficient (Wildman–Crippen LogP) is 2.83. The van der Waals surface area contributed by atoms with Gasteiger partial charge in [-0.2, -0.15) is 0 Å². The van der Waals surface area contributed by atoms with Crippen molar-refractivity contribution in [2.75, 3.05) is 31.6 Å². The predicted molar refractivity (Wildman–Crippen MR) is 105 cm³/mol. The maximum absolute atomic E-state index is 12.1. The van der Waals surface area contributed by atoms with Crippen LogP contribution in [0.5, 0.6) is 0 Å². The van der Waals surface area contributed by atoms with E-state index in [1.165, 1.54) is 11.6 Å². The van der Waals surface area contributed by atoms with E-state index < -0.39 is 0 Å². The number of nitrogens with zero attached hydrogens (tertiary/aromatic N) is 3. The summed E-state index contributed by atoms with van der Waals surface area (Å²) in [5.74, 6) is 1.29. The number of likely N-dealkylation sites (tertiary alicyclic amines) is 1. The van der Waals surface area contributed by atoms with E-state index in [1.807, 2.05) is 4.90 Å². The molecule has 4 heterocycles. The number of aromatic nitrogens is 3. The quantitative estimate of drug-likeness (QED) is 0.810. The van der Waals surface area contributed by atoms with Crippen molar-refractivity contribution in [1.29, 1.82) is 0 Å². The van der Waals surface area contributed by atoms with Crippen LogP contribution in [0, 0.1) is 0 Å². The van der Waals surface area contributed by atoms with E-state index in [2.05, 4.69) is 40.0 Å². The monoisotopic (exact) mass is 369 g/mol. The van der Waals surface area contributed by atoms with Crippen LogP contribution < -0.4 is 5.32 Å². The number of carbonyl (C=O) groups excluding carboxylic acids is 1. The van der Waals surface area contributed by atoms with Crippen LogP contribution in [0.15, 0.2) is 25.2 Å². The van der Waals surface area contributed by atoms with Crippen molar-refractivity contribution in [3.63, 3.8) is 0 Å². The molecule has 0 bridgehead atoms. The largest absolute Gasteiger partial charge is 0.381 e. The van der Waals surface area contributed by atoms with Crippen LogP contribution in [-0.2, 0) is 9.53 Å². The first-order valence-electron chi connectivity index (χ1n) is 9.69. The molecule has 2 aliphatic rings. The van der Waals surface area contributed by atoms with Gasteiger partial charge in [-0.15, -0.1) is 0 Å². The molecule has 2 fully saturated rings. The van der Waals surface area contributed by atoms with E-state index in [0.717, 1.165) is 62.3 Å². The highest BCUT2D eigenvalue weighted by Crippen LogP contribution is 2.36. The average Bonchev–Trinajstić information content (AvgIpc) is 3.13. The van der Waals surface area contributed by atoms with Gasteiger partial charge in [-0.05, 0) is 50.2 Å². The Morgan fingerprint density at radius 1 is 1.44 bits per heavy atom. The molecule has 1 amide bonds. The number of anilines is 1. The van der Waals surface area contributed by atoms with Gasteiger partial charge in [0.1, 0.15) is 17.8 Å². The molecule has 0 radical (unpaired) electrons. The Bertz CT molecular complexity index is 842. The van der Waals surface area contributed by atoms with Crippen LogP contribution in [0.2, 0.25) is 0 Å². The molecule has 7 nitrogen and oxygen atoms in total. The fourth-order valence-corrected chi connectivity index (χ4v) is 4.36. The number of amides is 1. The number of carbonyl (C=O) groups is 1. The Hall–Kier alpha value is -2.41. The molecule has 2 aromatic rings. The van der Waals surface area contributed by atoms with E-state index in [1.54, 1.807) is 6.33 Å². The summed E-state index contributed by atoms with van der Waals surface area (Å²) >= 11 is 0. The lowest BCUT2D eigenvalue weighted by Crippen LogP contribution is -2.52. The lowest BCUT2D eigenvalue weighted by molar-refractivity contribution is -0.127. The SMILES string of the molecule is C=CC(=O)N1CCC[C@@](C)(Nc2ncnc3[nH]cc(C4CCOCC4)c23)C1. The van der Waals surface area contributed by atoms with E-state index in [-0.39, 0.29) is 11.4 Å². The molecule has 0 aliphatic carbocycles. The zero-order chi connectivity index (χ0) is 18.9. The molecule has 1 atom stereocenters. The first-order chi connectivity index (χ1) is 13.1. The van der Waals surface area contributed by atoms with Gasteiger partial charge in [-0.3, -0.25) is 4.79 Å². The van der Waals surface area contributed by atoms with Gasteiger partial charge in [-0.25, -0.2) is 9.97 Å². The number of piperidine rings is 1. The number of nitrogens with one attached hydrogen (secondary N) is 2. The fraction of sp³-hybridized carbons (Fsp3) is 0.550. The second-order valence-electron chi connectivity index (χ2n) is 7.83. The minimum absolute atomic E-state index is 0.0138. The molecule has 2 saturated heterocycles. The average molecular weight is 369 g/mol. The smallest absolute Gasteiger partial charge is 0.246 e. The summed E-state index contributed by atoms with van der Waals surface area (Å²) in [5.41, 5.74) is 1.88. The molecule has 2 N–H and O–H groups in total. The van der Waals surface area contributed by atoms with Gasteiger partial charge < -0.3 is 19.9 Å². The molecule has 4 rings (SSSR count). The molecule has 144 valence electrons. The normalized spacial score (nSPS) is 24.1. The van der Waals surface area contributed by atoms with Gasteiger partial charge in [0, 0.05) is 32.5 Å². The Morgan fingerprint density at radius 2 is 2.26 bits per heavy atom. The van der Waals surface area contributed by atoms with Gasteiger partial charge in [0.2, 0.25) is 5.91 Å². The van der Waals surface area contributed by atoms with E-state index in [9.17, 15) is 4.79 Å². The Labute approximate surface area is 159 Å². The molecular formula is C20H27N5O2. The van der Waals surface area contributed by atoms with Crippen LogP contribution in [-0.4, -0.2) is 57.6 Å². The second kappa shape index (κ2) is 7.31. The van der Waals surface area contributed by atoms with E-state index >= 15 is 0 Å². The van der Waals surface area contributed by atoms with Crippen molar-refractivity contribution in [3.8, 4) is 0 Å². The highest BCUT2D eigenvalue weighted by molar-refractivity contribution is 5.91. The third-order valence-electron chi connectivity index (χ3n) is 5.76. The summed E-state index contributed by atoms with van der Waals surface area (Å²) in [6.45, 7) is 8.78. The Morgan fingerprint density at radius 3 is 3.04 bits per heavy atom. The second-order valence-corrected chi connectivity index (χ2v) is 7.83. The summed E-state index contributed by atoms with van der Waals surface area (Å²) in [7, 11) is 0. The molecule has 2 aliphatic heterocycles. The number of hydrogen-bond donors (Lipinski definition) is 2. The number of aromatic amines is 1. The van der Waals surface area contributed by atoms with Crippen molar-refractivity contribution in [3.05, 3.63) is 30.7 Å². The maximum Gasteiger partial charge on any atom is 0.246 e. The van der Waals surface area contributed by atoms with E-state index in [4.69, 9.17) is 4.74 Å². The van der Waals surface area contributed by atoms with Gasteiger partial charge in [-0.1, -0.05) is 6.58 Å². The Kier molecular flexibility index (Phi) is 4.86. The lowest BCUT2D eigenvalue weighted by atomic mass is 9.89. The van der Waals surface area contributed by atoms with Gasteiger partial charge in [0.25, 0.3) is 0 Å². The highest BCUT2D eigenvalue weighted by Gasteiger charge is 2.34. The summed E-state index contributed by atoms with van der Waals surface area (Å²) < 4.78 is 5.52. The number of ether oxygens (including phenoxy) is 1. The molecule has 0 spiro atoms. The molecule has 0 saturated carbocycles. The lowest BCUT2D eigenvalue weighted by Gasteiger charge is -2.41. The van der Waals surface area contributed by atoms with Gasteiger partial charge >= 0.3 is 0 Å². The standard InChI is InChI=1S/C20H27N5O2/c1-3-16(26)25-8-4-7-20(2,12-25)24-19-17-15(14-5-9-27-10-6-14)11-21-18(17)22-13-23-19/h3,11,13-14H,1,4-10,12H2,2H3,(H2,21,22,23,24)/t20-/m1/s1. The molecule has 2 aromatic heterocycles. The first-order valence-corrected chi connectivity index (χ1v) is 9.69. The zero-order valence-electron chi connectivity index (χ0n) is 15.8.